The van der Waals surface area contributed by atoms with Gasteiger partial charge < -0.3 is 10.2 Å². The minimum absolute atomic E-state index is 0. The fourth-order valence-corrected chi connectivity index (χ4v) is 3.60. The van der Waals surface area contributed by atoms with Gasteiger partial charge in [-0.05, 0) is 58.8 Å². The highest BCUT2D eigenvalue weighted by molar-refractivity contribution is 5.31. The Hall–Kier alpha value is -1.64. The molecule has 0 fully saturated rings. The molecule has 0 aliphatic heterocycles. The molecule has 0 aliphatic rings. The number of aliphatic hydroxyl groups is 2. The van der Waals surface area contributed by atoms with E-state index in [-0.39, 0.29) is 13.3 Å². The Labute approximate surface area is 186 Å². The van der Waals surface area contributed by atoms with Crippen LogP contribution in [0.5, 0.6) is 0 Å². The van der Waals surface area contributed by atoms with E-state index in [1.165, 1.54) is 24.0 Å². The van der Waals surface area contributed by atoms with Crippen LogP contribution in [0.1, 0.15) is 91.3 Å². The fourth-order valence-electron chi connectivity index (χ4n) is 3.60. The molecule has 2 atom stereocenters. The van der Waals surface area contributed by atoms with Crippen molar-refractivity contribution in [2.45, 2.75) is 80.4 Å². The van der Waals surface area contributed by atoms with Crippen LogP contribution in [0, 0.1) is 23.7 Å². The van der Waals surface area contributed by atoms with Crippen LogP contribution in [0.4, 0.5) is 0 Å². The van der Waals surface area contributed by atoms with Gasteiger partial charge in [-0.25, -0.2) is 0 Å². The third-order valence-corrected chi connectivity index (χ3v) is 5.27. The van der Waals surface area contributed by atoms with E-state index < -0.39 is 12.2 Å². The van der Waals surface area contributed by atoms with Crippen LogP contribution in [0.2, 0.25) is 0 Å². The van der Waals surface area contributed by atoms with E-state index in [2.05, 4.69) is 52.0 Å². The summed E-state index contributed by atoms with van der Waals surface area (Å²) in [5.74, 6) is 1.81. The molecule has 0 heterocycles. The van der Waals surface area contributed by atoms with Crippen LogP contribution in [-0.2, 0) is 12.8 Å². The summed E-state index contributed by atoms with van der Waals surface area (Å²) in [5, 5.41) is 20.2. The van der Waals surface area contributed by atoms with Crippen molar-refractivity contribution in [2.24, 2.45) is 23.7 Å². The maximum absolute atomic E-state index is 10.1. The van der Waals surface area contributed by atoms with E-state index in [1.54, 1.807) is 0 Å². The van der Waals surface area contributed by atoms with Gasteiger partial charge >= 0.3 is 0 Å². The first kappa shape index (κ1) is 26.4. The quantitative estimate of drug-likeness (QED) is 0.472. The minimum Gasteiger partial charge on any atom is -0.388 e. The first-order chi connectivity index (χ1) is 14.0. The summed E-state index contributed by atoms with van der Waals surface area (Å²) in [6.45, 7) is 17.0. The lowest BCUT2D eigenvalue weighted by Crippen LogP contribution is -2.13. The molecule has 0 saturated carbocycles. The van der Waals surface area contributed by atoms with Crippen molar-refractivity contribution in [3.8, 4) is 0 Å². The molecule has 2 heteroatoms. The maximum Gasteiger partial charge on any atom is 0.0816 e. The summed E-state index contributed by atoms with van der Waals surface area (Å²) in [7, 11) is 0. The minimum atomic E-state index is -0.510. The zero-order valence-corrected chi connectivity index (χ0v) is 20.4. The highest BCUT2D eigenvalue weighted by Gasteiger charge is 2.21. The molecule has 0 amide bonds. The highest BCUT2D eigenvalue weighted by Crippen LogP contribution is 2.31. The van der Waals surface area contributed by atoms with Crippen LogP contribution < -0.4 is 0 Å². The van der Waals surface area contributed by atoms with Crippen molar-refractivity contribution in [1.29, 1.82) is 0 Å². The lowest BCUT2D eigenvalue weighted by molar-refractivity contribution is 0.104. The summed E-state index contributed by atoms with van der Waals surface area (Å²) in [4.78, 5) is 0. The SMILES string of the molecule is CC(C)C(O)c1ccccc1C(O)C(C)C.CC(C)Cc1ccccc1CC(C)C.[HH]. The van der Waals surface area contributed by atoms with Gasteiger partial charge in [-0.1, -0.05) is 104 Å². The first-order valence-electron chi connectivity index (χ1n) is 11.6. The Kier molecular flexibility index (Phi) is 11.4. The molecule has 170 valence electrons. The van der Waals surface area contributed by atoms with Gasteiger partial charge in [0.15, 0.2) is 0 Å². The molecule has 2 aromatic carbocycles. The van der Waals surface area contributed by atoms with E-state index in [9.17, 15) is 10.2 Å². The molecule has 0 aliphatic carbocycles. The third kappa shape index (κ3) is 8.62. The van der Waals surface area contributed by atoms with Crippen molar-refractivity contribution >= 4 is 0 Å². The Morgan fingerprint density at radius 1 is 0.567 bits per heavy atom. The van der Waals surface area contributed by atoms with Gasteiger partial charge in [0.05, 0.1) is 12.2 Å². The lowest BCUT2D eigenvalue weighted by atomic mass is 9.89. The monoisotopic (exact) mass is 414 g/mol. The number of hydrogen-bond donors (Lipinski definition) is 2. The van der Waals surface area contributed by atoms with Gasteiger partial charge in [-0.15, -0.1) is 0 Å². The summed E-state index contributed by atoms with van der Waals surface area (Å²) >= 11 is 0. The van der Waals surface area contributed by atoms with E-state index in [1.807, 2.05) is 52.0 Å². The second kappa shape index (κ2) is 12.9. The Bertz CT molecular complexity index is 675. The van der Waals surface area contributed by atoms with Gasteiger partial charge in [0, 0.05) is 1.43 Å². The predicted molar refractivity (Wildman–Crippen MR) is 132 cm³/mol. The normalized spacial score (nSPS) is 13.5. The number of aliphatic hydroxyl groups excluding tert-OH is 2. The second-order valence-corrected chi connectivity index (χ2v) is 9.97. The lowest BCUT2D eigenvalue weighted by Gasteiger charge is -2.23. The van der Waals surface area contributed by atoms with Gasteiger partial charge in [-0.3, -0.25) is 0 Å². The second-order valence-electron chi connectivity index (χ2n) is 9.97. The molecule has 2 aromatic rings. The zero-order valence-electron chi connectivity index (χ0n) is 20.4. The Morgan fingerprint density at radius 2 is 0.867 bits per heavy atom. The summed E-state index contributed by atoms with van der Waals surface area (Å²) in [5.41, 5.74) is 4.77. The van der Waals surface area contributed by atoms with Gasteiger partial charge in [0.25, 0.3) is 0 Å². The van der Waals surface area contributed by atoms with Crippen molar-refractivity contribution < 1.29 is 11.6 Å². The van der Waals surface area contributed by atoms with Crippen LogP contribution >= 0.6 is 0 Å². The molecule has 2 rings (SSSR count). The molecule has 0 saturated heterocycles. The number of hydrogen-bond acceptors (Lipinski definition) is 2. The van der Waals surface area contributed by atoms with E-state index in [4.69, 9.17) is 0 Å². The smallest absolute Gasteiger partial charge is 0.0816 e. The first-order valence-corrected chi connectivity index (χ1v) is 11.6. The van der Waals surface area contributed by atoms with Gasteiger partial charge in [0.2, 0.25) is 0 Å². The standard InChI is InChI=1S/C14H22O2.C14H22.H2/c1-9(2)13(15)11-7-5-6-8-12(11)14(16)10(3)4;1-11(2)9-13-7-5-6-8-14(13)10-12(3)4;/h5-10,13-16H,1-4H3;5-8,11-12H,9-10H2,1-4H3;1H. The van der Waals surface area contributed by atoms with Gasteiger partial charge in [0.1, 0.15) is 0 Å². The van der Waals surface area contributed by atoms with Crippen molar-refractivity contribution in [1.82, 2.24) is 0 Å². The van der Waals surface area contributed by atoms with Crippen LogP contribution in [0.15, 0.2) is 48.5 Å². The molecular formula is C28H46O2. The predicted octanol–water partition coefficient (Wildman–Crippen LogP) is 7.40. The van der Waals surface area contributed by atoms with E-state index >= 15 is 0 Å². The topological polar surface area (TPSA) is 40.5 Å². The molecule has 0 bridgehead atoms. The molecule has 2 N–H and O–H groups in total. The van der Waals surface area contributed by atoms with Crippen molar-refractivity contribution in [3.05, 3.63) is 70.8 Å². The highest BCUT2D eigenvalue weighted by atomic mass is 16.3. The number of benzene rings is 2. The molecule has 30 heavy (non-hydrogen) atoms. The maximum atomic E-state index is 10.1. The average Bonchev–Trinajstić information content (AvgIpc) is 2.68. The molecule has 0 spiro atoms. The van der Waals surface area contributed by atoms with Crippen molar-refractivity contribution in [2.75, 3.05) is 0 Å². The molecular weight excluding hydrogens is 368 g/mol. The van der Waals surface area contributed by atoms with E-state index in [0.717, 1.165) is 23.0 Å². The third-order valence-electron chi connectivity index (χ3n) is 5.27. The summed E-state index contributed by atoms with van der Waals surface area (Å²) < 4.78 is 0. The van der Waals surface area contributed by atoms with Crippen molar-refractivity contribution in [3.63, 3.8) is 0 Å². The number of rotatable bonds is 8. The zero-order chi connectivity index (χ0) is 22.8. The molecule has 0 radical (unpaired) electrons. The largest absolute Gasteiger partial charge is 0.388 e. The Morgan fingerprint density at radius 3 is 1.13 bits per heavy atom. The Balaban J connectivity index is 0.000000567. The summed E-state index contributed by atoms with van der Waals surface area (Å²) in [6.07, 6.45) is 1.40. The van der Waals surface area contributed by atoms with Crippen LogP contribution in [0.25, 0.3) is 0 Å². The van der Waals surface area contributed by atoms with Gasteiger partial charge in [-0.2, -0.15) is 0 Å². The van der Waals surface area contributed by atoms with E-state index in [0.29, 0.717) is 0 Å². The van der Waals surface area contributed by atoms with Crippen LogP contribution in [-0.4, -0.2) is 10.2 Å². The molecule has 2 unspecified atom stereocenters. The van der Waals surface area contributed by atoms with Crippen LogP contribution in [0.3, 0.4) is 0 Å². The molecule has 0 aromatic heterocycles. The summed E-state index contributed by atoms with van der Waals surface area (Å²) in [6, 6.07) is 16.4. The average molecular weight is 415 g/mol. The molecule has 2 nitrogen and oxygen atoms in total. The fraction of sp³-hybridized carbons (Fsp3) is 0.571.